The third-order valence-corrected chi connectivity index (χ3v) is 4.22. The number of ether oxygens (including phenoxy) is 1. The molecule has 1 aliphatic rings. The first-order valence-corrected chi connectivity index (χ1v) is 7.64. The molecule has 24 heavy (non-hydrogen) atoms. The predicted octanol–water partition coefficient (Wildman–Crippen LogP) is 2.21. The van der Waals surface area contributed by atoms with Crippen LogP contribution in [0.4, 0.5) is 5.69 Å². The number of aryl methyl sites for hydroxylation is 1. The summed E-state index contributed by atoms with van der Waals surface area (Å²) >= 11 is 0. The van der Waals surface area contributed by atoms with E-state index in [9.17, 15) is 14.9 Å². The number of benzene rings is 1. The highest BCUT2D eigenvalue weighted by Gasteiger charge is 2.43. The first-order valence-electron chi connectivity index (χ1n) is 7.64. The molecule has 2 aromatic rings. The Morgan fingerprint density at radius 3 is 2.88 bits per heavy atom. The minimum Gasteiger partial charge on any atom is -0.385 e. The van der Waals surface area contributed by atoms with E-state index < -0.39 is 11.0 Å². The lowest BCUT2D eigenvalue weighted by Gasteiger charge is -2.25. The zero-order valence-corrected chi connectivity index (χ0v) is 13.5. The molecule has 126 valence electrons. The number of aromatic nitrogens is 2. The molecule has 8 nitrogen and oxygen atoms in total. The monoisotopic (exact) mass is 330 g/mol. The second-order valence-electron chi connectivity index (χ2n) is 5.67. The number of nitrogens with zero attached hydrogens (tertiary/aromatic N) is 3. The summed E-state index contributed by atoms with van der Waals surface area (Å²) in [6, 6.07) is 6.01. The lowest BCUT2D eigenvalue weighted by molar-refractivity contribution is -0.385. The molecule has 0 spiro atoms. The maximum atomic E-state index is 12.7. The van der Waals surface area contributed by atoms with E-state index in [0.717, 1.165) is 5.69 Å². The molecule has 0 saturated heterocycles. The molecule has 2 heterocycles. The fourth-order valence-corrected chi connectivity index (χ4v) is 3.16. The first-order chi connectivity index (χ1) is 11.6. The van der Waals surface area contributed by atoms with Crippen LogP contribution in [-0.4, -0.2) is 46.2 Å². The molecule has 0 saturated carbocycles. The van der Waals surface area contributed by atoms with Gasteiger partial charge in [0.25, 0.3) is 11.6 Å². The lowest BCUT2D eigenvalue weighted by atomic mass is 9.97. The van der Waals surface area contributed by atoms with E-state index in [1.165, 1.54) is 6.07 Å². The van der Waals surface area contributed by atoms with Crippen LogP contribution >= 0.6 is 0 Å². The van der Waals surface area contributed by atoms with Gasteiger partial charge in [0.2, 0.25) is 0 Å². The van der Waals surface area contributed by atoms with Gasteiger partial charge >= 0.3 is 0 Å². The van der Waals surface area contributed by atoms with Gasteiger partial charge in [0.05, 0.1) is 16.5 Å². The number of para-hydroxylation sites is 1. The zero-order chi connectivity index (χ0) is 17.3. The van der Waals surface area contributed by atoms with E-state index in [1.54, 1.807) is 30.2 Å². The molecule has 1 amide bonds. The van der Waals surface area contributed by atoms with Crippen molar-refractivity contribution in [2.75, 3.05) is 20.3 Å². The number of nitro benzene ring substituents is 1. The van der Waals surface area contributed by atoms with Crippen molar-refractivity contribution in [2.45, 2.75) is 19.4 Å². The Bertz CT molecular complexity index is 786. The van der Waals surface area contributed by atoms with Gasteiger partial charge in [-0.2, -0.15) is 5.10 Å². The molecule has 1 aromatic carbocycles. The molecule has 1 unspecified atom stereocenters. The molecule has 1 aliphatic heterocycles. The fraction of sp³-hybridized carbons (Fsp3) is 0.375. The van der Waals surface area contributed by atoms with Crippen LogP contribution in [0.2, 0.25) is 0 Å². The second kappa shape index (κ2) is 6.40. The minimum atomic E-state index is -0.510. The molecule has 0 radical (unpaired) electrons. The summed E-state index contributed by atoms with van der Waals surface area (Å²) in [4.78, 5) is 25.3. The van der Waals surface area contributed by atoms with Crippen molar-refractivity contribution in [1.82, 2.24) is 15.1 Å². The normalized spacial score (nSPS) is 16.5. The van der Waals surface area contributed by atoms with Gasteiger partial charge in [0.1, 0.15) is 0 Å². The largest absolute Gasteiger partial charge is 0.385 e. The number of hydrogen-bond donors (Lipinski definition) is 1. The summed E-state index contributed by atoms with van der Waals surface area (Å²) in [7, 11) is 1.60. The van der Waals surface area contributed by atoms with Crippen LogP contribution in [0.5, 0.6) is 0 Å². The zero-order valence-electron chi connectivity index (χ0n) is 13.5. The van der Waals surface area contributed by atoms with Crippen LogP contribution in [0.3, 0.4) is 0 Å². The molecule has 1 N–H and O–H groups in total. The Balaban J connectivity index is 2.09. The summed E-state index contributed by atoms with van der Waals surface area (Å²) in [6.45, 7) is 2.77. The van der Waals surface area contributed by atoms with Crippen molar-refractivity contribution >= 4 is 11.6 Å². The SMILES string of the molecule is COCCCN1C(=O)c2n[nH]c(C)c2C1c1ccccc1[N+](=O)[O-]. The van der Waals surface area contributed by atoms with Gasteiger partial charge in [0, 0.05) is 37.6 Å². The van der Waals surface area contributed by atoms with Crippen molar-refractivity contribution < 1.29 is 14.5 Å². The van der Waals surface area contributed by atoms with Crippen LogP contribution in [0, 0.1) is 17.0 Å². The van der Waals surface area contributed by atoms with Crippen LogP contribution < -0.4 is 0 Å². The third kappa shape index (κ3) is 2.54. The summed E-state index contributed by atoms with van der Waals surface area (Å²) in [5.74, 6) is -0.214. The Labute approximate surface area is 138 Å². The Hall–Kier alpha value is -2.74. The van der Waals surface area contributed by atoms with E-state index >= 15 is 0 Å². The van der Waals surface area contributed by atoms with Gasteiger partial charge in [-0.25, -0.2) is 0 Å². The fourth-order valence-electron chi connectivity index (χ4n) is 3.16. The van der Waals surface area contributed by atoms with Crippen molar-refractivity contribution in [1.29, 1.82) is 0 Å². The Kier molecular flexibility index (Phi) is 4.30. The van der Waals surface area contributed by atoms with E-state index in [0.29, 0.717) is 36.4 Å². The topological polar surface area (TPSA) is 101 Å². The molecule has 0 bridgehead atoms. The van der Waals surface area contributed by atoms with Gasteiger partial charge in [-0.1, -0.05) is 12.1 Å². The number of rotatable bonds is 6. The summed E-state index contributed by atoms with van der Waals surface area (Å²) in [5, 5.41) is 18.3. The highest BCUT2D eigenvalue weighted by molar-refractivity contribution is 5.98. The second-order valence-corrected chi connectivity index (χ2v) is 5.67. The van der Waals surface area contributed by atoms with Crippen LogP contribution in [-0.2, 0) is 4.74 Å². The highest BCUT2D eigenvalue weighted by Crippen LogP contribution is 2.42. The first kappa shape index (κ1) is 16.1. The Morgan fingerprint density at radius 2 is 2.17 bits per heavy atom. The third-order valence-electron chi connectivity index (χ3n) is 4.22. The van der Waals surface area contributed by atoms with Crippen LogP contribution in [0.1, 0.15) is 39.8 Å². The van der Waals surface area contributed by atoms with Crippen molar-refractivity contribution in [3.63, 3.8) is 0 Å². The van der Waals surface area contributed by atoms with Gasteiger partial charge in [-0.05, 0) is 19.4 Å². The maximum Gasteiger partial charge on any atom is 0.275 e. The standard InChI is InChI=1S/C16H18N4O4/c1-10-13-14(18-17-10)16(21)19(8-5-9-24-2)15(13)11-6-3-4-7-12(11)20(22)23/h3-4,6-7,15H,5,8-9H2,1-2H3,(H,17,18). The van der Waals surface area contributed by atoms with Gasteiger partial charge in [-0.15, -0.1) is 0 Å². The number of methoxy groups -OCH3 is 1. The van der Waals surface area contributed by atoms with Gasteiger partial charge in [0.15, 0.2) is 5.69 Å². The molecule has 1 aromatic heterocycles. The number of hydrogen-bond acceptors (Lipinski definition) is 5. The number of nitrogens with one attached hydrogen (secondary N) is 1. The summed E-state index contributed by atoms with van der Waals surface area (Å²) < 4.78 is 5.05. The highest BCUT2D eigenvalue weighted by atomic mass is 16.6. The predicted molar refractivity (Wildman–Crippen MR) is 85.8 cm³/mol. The molecule has 1 atom stereocenters. The van der Waals surface area contributed by atoms with Crippen molar-refractivity contribution in [3.05, 3.63) is 56.9 Å². The van der Waals surface area contributed by atoms with Crippen molar-refractivity contribution in [3.8, 4) is 0 Å². The Morgan fingerprint density at radius 1 is 1.42 bits per heavy atom. The lowest BCUT2D eigenvalue weighted by Crippen LogP contribution is -2.31. The summed E-state index contributed by atoms with van der Waals surface area (Å²) in [5.41, 5.74) is 2.30. The van der Waals surface area contributed by atoms with E-state index in [4.69, 9.17) is 4.74 Å². The smallest absolute Gasteiger partial charge is 0.275 e. The number of carbonyl (C=O) groups excluding carboxylic acids is 1. The molecular formula is C16H18N4O4. The molecule has 8 heteroatoms. The number of aromatic amines is 1. The maximum absolute atomic E-state index is 12.7. The summed E-state index contributed by atoms with van der Waals surface area (Å²) in [6.07, 6.45) is 0.645. The molecule has 0 aliphatic carbocycles. The van der Waals surface area contributed by atoms with Crippen LogP contribution in [0.25, 0.3) is 0 Å². The quantitative estimate of drug-likeness (QED) is 0.497. The van der Waals surface area contributed by atoms with Gasteiger partial charge < -0.3 is 9.64 Å². The number of fused-ring (bicyclic) bond motifs is 1. The average Bonchev–Trinajstić information content (AvgIpc) is 3.07. The minimum absolute atomic E-state index is 0.000455. The van der Waals surface area contributed by atoms with E-state index in [-0.39, 0.29) is 11.6 Å². The van der Waals surface area contributed by atoms with Crippen LogP contribution in [0.15, 0.2) is 24.3 Å². The van der Waals surface area contributed by atoms with E-state index in [1.807, 2.05) is 6.92 Å². The van der Waals surface area contributed by atoms with Gasteiger partial charge in [-0.3, -0.25) is 20.0 Å². The number of nitro groups is 1. The molecular weight excluding hydrogens is 312 g/mol. The average molecular weight is 330 g/mol. The van der Waals surface area contributed by atoms with Crippen molar-refractivity contribution in [2.24, 2.45) is 0 Å². The molecule has 0 fully saturated rings. The number of carbonyl (C=O) groups is 1. The molecule has 3 rings (SSSR count). The number of amides is 1. The van der Waals surface area contributed by atoms with E-state index in [2.05, 4.69) is 10.2 Å². The number of H-pyrrole nitrogens is 1.